The second kappa shape index (κ2) is 14.8. The van der Waals surface area contributed by atoms with Crippen molar-refractivity contribution in [2.24, 2.45) is 10.8 Å². The van der Waals surface area contributed by atoms with Crippen molar-refractivity contribution in [2.45, 2.75) is 92.4 Å². The number of ketones is 1. The van der Waals surface area contributed by atoms with Gasteiger partial charge in [0.1, 0.15) is 5.76 Å². The number of aliphatic hydroxyl groups excluding tert-OH is 1. The minimum atomic E-state index is -0.377. The molecule has 0 bridgehead atoms. The molecule has 0 aliphatic heterocycles. The number of hydrogen-bond acceptors (Lipinski definition) is 4. The molecule has 1 aliphatic rings. The zero-order valence-corrected chi connectivity index (χ0v) is 26.7. The fourth-order valence-corrected chi connectivity index (χ4v) is 4.35. The summed E-state index contributed by atoms with van der Waals surface area (Å²) < 4.78 is 5.91. The van der Waals surface area contributed by atoms with Crippen molar-refractivity contribution in [3.8, 4) is 11.6 Å². The molecule has 0 spiro atoms. The summed E-state index contributed by atoms with van der Waals surface area (Å²) in [6.45, 7) is 11.7. The van der Waals surface area contributed by atoms with Crippen LogP contribution in [-0.4, -0.2) is 15.9 Å². The van der Waals surface area contributed by atoms with Gasteiger partial charge in [-0.05, 0) is 54.7 Å². The first-order chi connectivity index (χ1) is 18.1. The molecule has 5 heteroatoms. The van der Waals surface area contributed by atoms with E-state index in [2.05, 4.69) is 35.3 Å². The topological polar surface area (TPSA) is 59.4 Å². The van der Waals surface area contributed by atoms with E-state index in [0.29, 0.717) is 17.5 Å². The number of fused-ring (bicyclic) bond motifs is 1. The Kier molecular flexibility index (Phi) is 12.4. The standard InChI is InChI=1S/C21H20NO.C13H24O2.Ir/c1-3-7-16(8-4-1)17-11-12-20-18(15-17)13-14-22-21(20)23-19-9-5-2-6-10-19;1-7-12(3,4)10(14)9-11(15)13(5,6)8-2;/h2,5-6,9,11-16H,1,3-4,7-8H2;9,14H,7-8H2,1-6H3;/q-1;;/b;10-9-;. The summed E-state index contributed by atoms with van der Waals surface area (Å²) in [5, 5.41) is 12.1. The minimum Gasteiger partial charge on any atom is -0.512 e. The van der Waals surface area contributed by atoms with Crippen molar-refractivity contribution in [3.05, 3.63) is 78.2 Å². The minimum absolute atomic E-state index is 0. The molecule has 1 saturated carbocycles. The molecular weight excluding hydrogens is 663 g/mol. The van der Waals surface area contributed by atoms with Crippen LogP contribution in [0.5, 0.6) is 11.6 Å². The van der Waals surface area contributed by atoms with Crippen LogP contribution in [0, 0.1) is 16.9 Å². The van der Waals surface area contributed by atoms with Crippen molar-refractivity contribution >= 4 is 16.6 Å². The van der Waals surface area contributed by atoms with E-state index in [1.807, 2.05) is 72.0 Å². The van der Waals surface area contributed by atoms with Gasteiger partial charge in [0.25, 0.3) is 0 Å². The fraction of sp³-hybridized carbons (Fsp3) is 0.471. The molecule has 0 saturated heterocycles. The number of ether oxygens (including phenoxy) is 1. The van der Waals surface area contributed by atoms with Crippen molar-refractivity contribution in [1.29, 1.82) is 0 Å². The largest absolute Gasteiger partial charge is 0.512 e. The number of rotatable bonds is 8. The SMILES string of the molecule is CCC(C)(C)C(=O)/C=C(\O)C(C)(C)CC.[Ir].[c-]1ccccc1Oc1nccc2cc(C3CCCCC3)ccc12. The summed E-state index contributed by atoms with van der Waals surface area (Å²) in [5.74, 6) is 2.26. The molecule has 0 atom stereocenters. The molecule has 4 nitrogen and oxygen atoms in total. The van der Waals surface area contributed by atoms with E-state index in [0.717, 1.165) is 18.2 Å². The zero-order valence-electron chi connectivity index (χ0n) is 24.3. The predicted molar refractivity (Wildman–Crippen MR) is 157 cm³/mol. The quantitative estimate of drug-likeness (QED) is 0.144. The van der Waals surface area contributed by atoms with Crippen LogP contribution in [0.25, 0.3) is 10.8 Å². The maximum atomic E-state index is 11.8. The first-order valence-electron chi connectivity index (χ1n) is 14.1. The molecule has 1 heterocycles. The van der Waals surface area contributed by atoms with Gasteiger partial charge in [-0.25, -0.2) is 4.98 Å². The smallest absolute Gasteiger partial charge is 0.224 e. The second-order valence-electron chi connectivity index (χ2n) is 11.6. The van der Waals surface area contributed by atoms with Gasteiger partial charge in [-0.2, -0.15) is 18.2 Å². The van der Waals surface area contributed by atoms with E-state index in [-0.39, 0.29) is 42.5 Å². The molecular formula is C34H44IrNO3-. The number of carbonyl (C=O) groups excluding carboxylic acids is 1. The molecule has 2 aromatic carbocycles. The Labute approximate surface area is 248 Å². The Morgan fingerprint density at radius 2 is 1.72 bits per heavy atom. The number of benzene rings is 2. The third-order valence-electron chi connectivity index (χ3n) is 8.11. The number of aromatic nitrogens is 1. The first kappa shape index (κ1) is 32.7. The molecule has 213 valence electrons. The van der Waals surface area contributed by atoms with E-state index in [9.17, 15) is 9.90 Å². The van der Waals surface area contributed by atoms with Crippen LogP contribution < -0.4 is 4.74 Å². The molecule has 4 rings (SSSR count). The van der Waals surface area contributed by atoms with E-state index in [4.69, 9.17) is 4.74 Å². The first-order valence-corrected chi connectivity index (χ1v) is 14.1. The molecule has 39 heavy (non-hydrogen) atoms. The predicted octanol–water partition coefficient (Wildman–Crippen LogP) is 9.74. The normalized spacial score (nSPS) is 14.7. The van der Waals surface area contributed by atoms with Gasteiger partial charge < -0.3 is 9.84 Å². The van der Waals surface area contributed by atoms with Gasteiger partial charge in [-0.3, -0.25) is 4.79 Å². The van der Waals surface area contributed by atoms with Crippen molar-refractivity contribution < 1.29 is 34.7 Å². The van der Waals surface area contributed by atoms with Crippen LogP contribution in [0.15, 0.2) is 66.6 Å². The van der Waals surface area contributed by atoms with Gasteiger partial charge >= 0.3 is 0 Å². The number of nitrogens with zero attached hydrogens (tertiary/aromatic N) is 1. The van der Waals surface area contributed by atoms with Crippen molar-refractivity contribution in [2.75, 3.05) is 0 Å². The number of para-hydroxylation sites is 1. The molecule has 1 aromatic heterocycles. The number of aliphatic hydroxyl groups is 1. The van der Waals surface area contributed by atoms with Crippen LogP contribution in [0.4, 0.5) is 0 Å². The molecule has 1 N–H and O–H groups in total. The maximum Gasteiger partial charge on any atom is 0.224 e. The Bertz CT molecular complexity index is 1230. The van der Waals surface area contributed by atoms with Crippen LogP contribution in [0.3, 0.4) is 0 Å². The fourth-order valence-electron chi connectivity index (χ4n) is 4.35. The van der Waals surface area contributed by atoms with Gasteiger partial charge in [0.15, 0.2) is 5.78 Å². The van der Waals surface area contributed by atoms with Gasteiger partial charge in [0, 0.05) is 54.3 Å². The van der Waals surface area contributed by atoms with Gasteiger partial charge in [-0.15, -0.1) is 12.1 Å². The summed E-state index contributed by atoms with van der Waals surface area (Å²) >= 11 is 0. The molecule has 3 aromatic rings. The second-order valence-corrected chi connectivity index (χ2v) is 11.6. The monoisotopic (exact) mass is 707 g/mol. The third kappa shape index (κ3) is 9.01. The van der Waals surface area contributed by atoms with Crippen LogP contribution in [-0.2, 0) is 24.9 Å². The van der Waals surface area contributed by atoms with Gasteiger partial charge in [0.2, 0.25) is 5.88 Å². The zero-order chi connectivity index (χ0) is 27.8. The summed E-state index contributed by atoms with van der Waals surface area (Å²) in [4.78, 5) is 16.2. The van der Waals surface area contributed by atoms with Gasteiger partial charge in [-0.1, -0.05) is 72.9 Å². The maximum absolute atomic E-state index is 11.8. The average Bonchev–Trinajstić information content (AvgIpc) is 2.94. The summed E-state index contributed by atoms with van der Waals surface area (Å²) in [6.07, 6.45) is 11.6. The Hall–Kier alpha value is -2.49. The van der Waals surface area contributed by atoms with Crippen molar-refractivity contribution in [1.82, 2.24) is 4.98 Å². The molecule has 1 fully saturated rings. The van der Waals surface area contributed by atoms with Crippen LogP contribution in [0.2, 0.25) is 0 Å². The Morgan fingerprint density at radius 1 is 1.03 bits per heavy atom. The number of allylic oxidation sites excluding steroid dienone is 2. The van der Waals surface area contributed by atoms with E-state index in [1.54, 1.807) is 0 Å². The summed E-state index contributed by atoms with van der Waals surface area (Å²) in [6, 6.07) is 19.5. The van der Waals surface area contributed by atoms with E-state index < -0.39 is 0 Å². The Morgan fingerprint density at radius 3 is 2.33 bits per heavy atom. The molecule has 0 unspecified atom stereocenters. The van der Waals surface area contributed by atoms with Crippen LogP contribution in [0.1, 0.15) is 98.0 Å². The summed E-state index contributed by atoms with van der Waals surface area (Å²) in [7, 11) is 0. The number of hydrogen-bond donors (Lipinski definition) is 1. The number of pyridine rings is 1. The molecule has 1 radical (unpaired) electrons. The van der Waals surface area contributed by atoms with Crippen LogP contribution >= 0.6 is 0 Å². The van der Waals surface area contributed by atoms with Gasteiger partial charge in [0.05, 0.1) is 0 Å². The van der Waals surface area contributed by atoms with E-state index >= 15 is 0 Å². The molecule has 1 aliphatic carbocycles. The third-order valence-corrected chi connectivity index (χ3v) is 8.11. The molecule has 0 amide bonds. The summed E-state index contributed by atoms with van der Waals surface area (Å²) in [5.41, 5.74) is 0.776. The average molecular weight is 707 g/mol. The van der Waals surface area contributed by atoms with Crippen molar-refractivity contribution in [3.63, 3.8) is 0 Å². The number of carbonyl (C=O) groups is 1. The Balaban J connectivity index is 0.000000294. The van der Waals surface area contributed by atoms with E-state index in [1.165, 1.54) is 49.1 Å².